The molecular formula is C18H30IN5O2Si. The average Bonchev–Trinajstić information content (AvgIpc) is 3.08. The Hall–Kier alpha value is -0.783. The molecule has 3 heterocycles. The van der Waals surface area contributed by atoms with Crippen LogP contribution in [0.1, 0.15) is 47.3 Å². The van der Waals surface area contributed by atoms with Gasteiger partial charge in [0.25, 0.3) is 0 Å². The number of rotatable bonds is 4. The molecule has 0 saturated carbocycles. The zero-order valence-corrected chi connectivity index (χ0v) is 20.3. The van der Waals surface area contributed by atoms with Gasteiger partial charge in [-0.3, -0.25) is 4.57 Å². The first kappa shape index (κ1) is 20.9. The number of nitrogens with zero attached hydrogens (tertiary/aromatic N) is 4. The second-order valence-electron chi connectivity index (χ2n) is 8.88. The van der Waals surface area contributed by atoms with Crippen LogP contribution < -0.4 is 5.73 Å². The fourth-order valence-corrected chi connectivity index (χ4v) is 5.21. The van der Waals surface area contributed by atoms with Gasteiger partial charge in [-0.25, -0.2) is 15.0 Å². The molecule has 9 heteroatoms. The number of aromatic nitrogens is 4. The maximum absolute atomic E-state index is 6.79. The Kier molecular flexibility index (Phi) is 5.61. The van der Waals surface area contributed by atoms with Gasteiger partial charge in [0.2, 0.25) is 0 Å². The van der Waals surface area contributed by atoms with E-state index in [1.807, 2.05) is 4.57 Å². The van der Waals surface area contributed by atoms with Crippen molar-refractivity contribution in [2.24, 2.45) is 5.92 Å². The first-order valence-corrected chi connectivity index (χ1v) is 13.4. The van der Waals surface area contributed by atoms with Gasteiger partial charge in [0.15, 0.2) is 23.6 Å². The van der Waals surface area contributed by atoms with Crippen LogP contribution in [0.15, 0.2) is 6.33 Å². The second kappa shape index (κ2) is 7.23. The summed E-state index contributed by atoms with van der Waals surface area (Å²) in [6, 6.07) is 0. The molecule has 1 unspecified atom stereocenters. The molecule has 0 aliphatic carbocycles. The van der Waals surface area contributed by atoms with Crippen LogP contribution in [0.4, 0.5) is 5.82 Å². The molecule has 1 fully saturated rings. The summed E-state index contributed by atoms with van der Waals surface area (Å²) in [6.45, 7) is 15.7. The van der Waals surface area contributed by atoms with Gasteiger partial charge in [-0.1, -0.05) is 34.6 Å². The van der Waals surface area contributed by atoms with E-state index in [-0.39, 0.29) is 29.4 Å². The highest BCUT2D eigenvalue weighted by Gasteiger charge is 2.48. The Labute approximate surface area is 175 Å². The summed E-state index contributed by atoms with van der Waals surface area (Å²) >= 11 is 2.08. The van der Waals surface area contributed by atoms with Crippen LogP contribution in [-0.4, -0.2) is 40.0 Å². The normalized spacial score (nSPS) is 26.8. The molecule has 4 atom stereocenters. The predicted octanol–water partition coefficient (Wildman–Crippen LogP) is 4.35. The van der Waals surface area contributed by atoms with E-state index in [1.54, 1.807) is 6.33 Å². The number of nitrogen functional groups attached to an aromatic ring is 1. The van der Waals surface area contributed by atoms with E-state index in [9.17, 15) is 0 Å². The molecule has 1 aliphatic heterocycles. The summed E-state index contributed by atoms with van der Waals surface area (Å²) in [5, 5.41) is 0.155. The number of nitrogens with two attached hydrogens (primary N) is 1. The van der Waals surface area contributed by atoms with E-state index < -0.39 is 8.32 Å². The number of hydrogen-bond donors (Lipinski definition) is 1. The van der Waals surface area contributed by atoms with E-state index in [0.29, 0.717) is 20.8 Å². The largest absolute Gasteiger partial charge is 0.411 e. The lowest BCUT2D eigenvalue weighted by atomic mass is 10.0. The fraction of sp³-hybridized carbons (Fsp3) is 0.722. The number of ether oxygens (including phenoxy) is 1. The molecule has 150 valence electrons. The lowest BCUT2D eigenvalue weighted by Gasteiger charge is -2.40. The highest BCUT2D eigenvalue weighted by molar-refractivity contribution is 14.1. The van der Waals surface area contributed by atoms with Crippen LogP contribution in [0.5, 0.6) is 0 Å². The molecule has 0 bridgehead atoms. The Bertz CT molecular complexity index is 835. The van der Waals surface area contributed by atoms with Gasteiger partial charge in [-0.15, -0.1) is 0 Å². The van der Waals surface area contributed by atoms with Crippen molar-refractivity contribution in [3.05, 3.63) is 10.2 Å². The minimum absolute atomic E-state index is 0.0508. The standard InChI is InChI=1S/C18H30IN5O2Si/c1-8-11-13(26-27(6,7)18(3,4)5)10(2)16(25-11)24-9-21-12-14(20)22-17(19)23-15(12)24/h9-11,13,16H,8H2,1-7H3,(H2,20,22,23)/t10-,11-,13+,16?/m1/s1. The quantitative estimate of drug-likeness (QED) is 0.379. The molecule has 0 radical (unpaired) electrons. The maximum Gasteiger partial charge on any atom is 0.194 e. The first-order valence-electron chi connectivity index (χ1n) is 9.45. The van der Waals surface area contributed by atoms with Gasteiger partial charge in [-0.2, -0.15) is 0 Å². The molecule has 7 nitrogen and oxygen atoms in total. The highest BCUT2D eigenvalue weighted by Crippen LogP contribution is 2.44. The zero-order valence-electron chi connectivity index (χ0n) is 17.2. The van der Waals surface area contributed by atoms with E-state index >= 15 is 0 Å². The number of fused-ring (bicyclic) bond motifs is 1. The van der Waals surface area contributed by atoms with Crippen molar-refractivity contribution in [2.75, 3.05) is 5.73 Å². The molecule has 0 aromatic carbocycles. The van der Waals surface area contributed by atoms with Gasteiger partial charge in [0.05, 0.1) is 18.5 Å². The number of anilines is 1. The van der Waals surface area contributed by atoms with Gasteiger partial charge in [-0.05, 0) is 24.6 Å². The Morgan fingerprint density at radius 2 is 2.00 bits per heavy atom. The van der Waals surface area contributed by atoms with Crippen LogP contribution in [0.3, 0.4) is 0 Å². The third kappa shape index (κ3) is 3.75. The maximum atomic E-state index is 6.79. The molecule has 2 aromatic rings. The van der Waals surface area contributed by atoms with E-state index in [2.05, 4.69) is 85.3 Å². The van der Waals surface area contributed by atoms with Crippen molar-refractivity contribution >= 4 is 47.9 Å². The van der Waals surface area contributed by atoms with Crippen molar-refractivity contribution in [2.45, 2.75) is 77.6 Å². The van der Waals surface area contributed by atoms with Crippen LogP contribution in [0.25, 0.3) is 11.2 Å². The lowest BCUT2D eigenvalue weighted by Crippen LogP contribution is -2.47. The lowest BCUT2D eigenvalue weighted by molar-refractivity contribution is -0.0196. The number of hydrogen-bond acceptors (Lipinski definition) is 6. The predicted molar refractivity (Wildman–Crippen MR) is 118 cm³/mol. The average molecular weight is 503 g/mol. The third-order valence-corrected chi connectivity index (χ3v) is 10.9. The monoisotopic (exact) mass is 503 g/mol. The van der Waals surface area contributed by atoms with Crippen molar-refractivity contribution < 1.29 is 9.16 Å². The number of halogens is 1. The van der Waals surface area contributed by atoms with Crippen molar-refractivity contribution in [1.29, 1.82) is 0 Å². The molecule has 2 N–H and O–H groups in total. The Morgan fingerprint density at radius 1 is 1.33 bits per heavy atom. The summed E-state index contributed by atoms with van der Waals surface area (Å²) in [4.78, 5) is 13.2. The van der Waals surface area contributed by atoms with Crippen LogP contribution >= 0.6 is 22.6 Å². The number of imidazole rings is 1. The van der Waals surface area contributed by atoms with Crippen LogP contribution in [0.2, 0.25) is 18.1 Å². The van der Waals surface area contributed by atoms with Crippen molar-refractivity contribution in [3.8, 4) is 0 Å². The smallest absolute Gasteiger partial charge is 0.194 e. The van der Waals surface area contributed by atoms with Crippen LogP contribution in [0, 0.1) is 9.75 Å². The molecule has 0 spiro atoms. The van der Waals surface area contributed by atoms with E-state index in [1.165, 1.54) is 0 Å². The summed E-state index contributed by atoms with van der Waals surface area (Å²) in [5.74, 6) is 0.574. The Morgan fingerprint density at radius 3 is 2.59 bits per heavy atom. The van der Waals surface area contributed by atoms with Gasteiger partial charge >= 0.3 is 0 Å². The van der Waals surface area contributed by atoms with Gasteiger partial charge in [0, 0.05) is 28.5 Å². The molecule has 3 rings (SSSR count). The summed E-state index contributed by atoms with van der Waals surface area (Å²) < 4.78 is 15.8. The summed E-state index contributed by atoms with van der Waals surface area (Å²) in [5.41, 5.74) is 7.36. The van der Waals surface area contributed by atoms with Crippen molar-refractivity contribution in [1.82, 2.24) is 19.5 Å². The zero-order chi connectivity index (χ0) is 20.1. The molecule has 0 amide bonds. The summed E-state index contributed by atoms with van der Waals surface area (Å²) in [7, 11) is -1.91. The molecule has 1 saturated heterocycles. The third-order valence-electron chi connectivity index (χ3n) is 5.98. The minimum atomic E-state index is -1.91. The van der Waals surface area contributed by atoms with E-state index in [0.717, 1.165) is 6.42 Å². The van der Waals surface area contributed by atoms with Crippen molar-refractivity contribution in [3.63, 3.8) is 0 Å². The summed E-state index contributed by atoms with van der Waals surface area (Å²) in [6.07, 6.45) is 2.58. The topological polar surface area (TPSA) is 88.1 Å². The molecule has 2 aromatic heterocycles. The highest BCUT2D eigenvalue weighted by atomic mass is 127. The fourth-order valence-electron chi connectivity index (χ4n) is 3.33. The van der Waals surface area contributed by atoms with Gasteiger partial charge < -0.3 is 14.9 Å². The Balaban J connectivity index is 1.95. The SMILES string of the molecule is CC[C@H]1OC(n2cnc3c(N)nc(I)nc32)[C@H](C)[C@@H]1O[Si](C)(C)C(C)(C)C. The molecular weight excluding hydrogens is 473 g/mol. The first-order chi connectivity index (χ1) is 12.5. The minimum Gasteiger partial charge on any atom is -0.411 e. The molecule has 27 heavy (non-hydrogen) atoms. The molecule has 1 aliphatic rings. The van der Waals surface area contributed by atoms with Gasteiger partial charge in [0.1, 0.15) is 11.7 Å². The van der Waals surface area contributed by atoms with Crippen LogP contribution in [-0.2, 0) is 9.16 Å². The van der Waals surface area contributed by atoms with E-state index in [4.69, 9.17) is 14.9 Å². The second-order valence-corrected chi connectivity index (χ2v) is 14.6.